The Bertz CT molecular complexity index is 516. The first-order valence-corrected chi connectivity index (χ1v) is 11.7. The first-order chi connectivity index (χ1) is 12.6. The van der Waals surface area contributed by atoms with Crippen molar-refractivity contribution in [2.45, 2.75) is 19.8 Å². The Hall–Kier alpha value is -0.800. The van der Waals surface area contributed by atoms with Crippen molar-refractivity contribution in [3.63, 3.8) is 0 Å². The molecular formula is C14H31N3O8P2. The van der Waals surface area contributed by atoms with Crippen LogP contribution in [0.5, 0.6) is 0 Å². The Labute approximate surface area is 160 Å². The molecule has 0 unspecified atom stereocenters. The van der Waals surface area contributed by atoms with Gasteiger partial charge >= 0.3 is 15.2 Å². The molecule has 0 rings (SSSR count). The minimum absolute atomic E-state index is 0.124. The summed E-state index contributed by atoms with van der Waals surface area (Å²) >= 11 is 0. The molecule has 0 aromatic rings. The Kier molecular flexibility index (Phi) is 13.0. The Morgan fingerprint density at radius 2 is 1.30 bits per heavy atom. The largest absolute Gasteiger partial charge is 0.355 e. The fourth-order valence-corrected chi connectivity index (χ4v) is 4.43. The SMILES string of the molecule is COP(=O)(CN(CCCC(=O)NCCNC(C)=O)CP(=O)(OC)OC)OC. The zero-order valence-corrected chi connectivity index (χ0v) is 18.3. The number of rotatable bonds is 15. The van der Waals surface area contributed by atoms with Crippen LogP contribution in [0, 0.1) is 0 Å². The van der Waals surface area contributed by atoms with Crippen LogP contribution in [-0.4, -0.2) is 77.4 Å². The van der Waals surface area contributed by atoms with E-state index in [1.807, 2.05) is 0 Å². The average molecular weight is 431 g/mol. The van der Waals surface area contributed by atoms with E-state index < -0.39 is 15.2 Å². The summed E-state index contributed by atoms with van der Waals surface area (Å²) in [6.45, 7) is 2.37. The third kappa shape index (κ3) is 11.6. The molecule has 0 aliphatic rings. The number of amides is 2. The highest BCUT2D eigenvalue weighted by Crippen LogP contribution is 2.51. The van der Waals surface area contributed by atoms with E-state index in [4.69, 9.17) is 18.1 Å². The normalized spacial score (nSPS) is 12.2. The lowest BCUT2D eigenvalue weighted by Gasteiger charge is -2.27. The molecule has 0 heterocycles. The number of nitrogens with zero attached hydrogens (tertiary/aromatic N) is 1. The van der Waals surface area contributed by atoms with Crippen LogP contribution in [-0.2, 0) is 36.8 Å². The molecule has 27 heavy (non-hydrogen) atoms. The van der Waals surface area contributed by atoms with Crippen LogP contribution in [0.4, 0.5) is 0 Å². The van der Waals surface area contributed by atoms with Crippen LogP contribution in [0.3, 0.4) is 0 Å². The molecule has 0 aromatic heterocycles. The third-order valence-corrected chi connectivity index (χ3v) is 7.28. The summed E-state index contributed by atoms with van der Waals surface area (Å²) in [4.78, 5) is 24.1. The highest BCUT2D eigenvalue weighted by molar-refractivity contribution is 7.54. The van der Waals surface area contributed by atoms with E-state index in [-0.39, 0.29) is 30.8 Å². The summed E-state index contributed by atoms with van der Waals surface area (Å²) in [6, 6.07) is 0. The molecule has 0 atom stereocenters. The molecule has 0 saturated heterocycles. The van der Waals surface area contributed by atoms with Gasteiger partial charge in [-0.3, -0.25) is 23.6 Å². The molecule has 0 fully saturated rings. The van der Waals surface area contributed by atoms with Gasteiger partial charge in [0, 0.05) is 54.9 Å². The van der Waals surface area contributed by atoms with Crippen LogP contribution >= 0.6 is 15.2 Å². The molecule has 2 N–H and O–H groups in total. The zero-order chi connectivity index (χ0) is 20.9. The molecule has 0 spiro atoms. The van der Waals surface area contributed by atoms with Gasteiger partial charge in [-0.25, -0.2) is 0 Å². The molecular weight excluding hydrogens is 400 g/mol. The highest BCUT2D eigenvalue weighted by Gasteiger charge is 2.31. The number of hydrogen-bond donors (Lipinski definition) is 2. The second-order valence-corrected chi connectivity index (χ2v) is 10.0. The van der Waals surface area contributed by atoms with Gasteiger partial charge in [0.25, 0.3) is 0 Å². The molecule has 0 aliphatic carbocycles. The molecule has 13 heteroatoms. The fourth-order valence-electron chi connectivity index (χ4n) is 2.05. The van der Waals surface area contributed by atoms with Gasteiger partial charge in [0.05, 0.1) is 0 Å². The van der Waals surface area contributed by atoms with Crippen molar-refractivity contribution in [1.29, 1.82) is 0 Å². The Morgan fingerprint density at radius 3 is 1.70 bits per heavy atom. The standard InChI is InChI=1S/C14H31N3O8P2/c1-13(18)15-8-9-16-14(19)7-6-10-17(11-26(20,22-2)23-3)12-27(21,24-4)25-5/h6-12H2,1-5H3,(H,15,18)(H,16,19). The van der Waals surface area contributed by atoms with Crippen molar-refractivity contribution >= 4 is 27.0 Å². The van der Waals surface area contributed by atoms with Gasteiger partial charge in [0.2, 0.25) is 11.8 Å². The van der Waals surface area contributed by atoms with E-state index in [0.29, 0.717) is 26.1 Å². The van der Waals surface area contributed by atoms with E-state index in [1.165, 1.54) is 35.4 Å². The Balaban J connectivity index is 4.63. The second-order valence-electron chi connectivity index (χ2n) is 5.57. The second kappa shape index (κ2) is 13.4. The van der Waals surface area contributed by atoms with Gasteiger partial charge in [-0.1, -0.05) is 0 Å². The molecule has 0 bridgehead atoms. The van der Waals surface area contributed by atoms with Crippen molar-refractivity contribution in [2.75, 3.05) is 60.6 Å². The van der Waals surface area contributed by atoms with E-state index in [9.17, 15) is 18.7 Å². The van der Waals surface area contributed by atoms with Crippen molar-refractivity contribution in [3.05, 3.63) is 0 Å². The summed E-state index contributed by atoms with van der Waals surface area (Å²) in [6.07, 6.45) is 0.361. The first kappa shape index (κ1) is 26.2. The minimum Gasteiger partial charge on any atom is -0.355 e. The molecule has 2 amide bonds. The quantitative estimate of drug-likeness (QED) is 0.290. The van der Waals surface area contributed by atoms with Gasteiger partial charge in [-0.15, -0.1) is 0 Å². The van der Waals surface area contributed by atoms with Crippen LogP contribution in [0.2, 0.25) is 0 Å². The van der Waals surface area contributed by atoms with Gasteiger partial charge in [-0.2, -0.15) is 0 Å². The highest BCUT2D eigenvalue weighted by atomic mass is 31.2. The van der Waals surface area contributed by atoms with Crippen LogP contribution in [0.15, 0.2) is 0 Å². The summed E-state index contributed by atoms with van der Waals surface area (Å²) in [5.41, 5.74) is 0. The average Bonchev–Trinajstić information content (AvgIpc) is 2.64. The van der Waals surface area contributed by atoms with Crippen molar-refractivity contribution in [1.82, 2.24) is 15.5 Å². The number of carbonyl (C=O) groups excluding carboxylic acids is 2. The summed E-state index contributed by atoms with van der Waals surface area (Å²) in [5.74, 6) is -0.357. The first-order valence-electron chi connectivity index (χ1n) is 8.28. The maximum absolute atomic E-state index is 12.4. The lowest BCUT2D eigenvalue weighted by molar-refractivity contribution is -0.122. The smallest absolute Gasteiger partial charge is 0.344 e. The zero-order valence-electron chi connectivity index (χ0n) is 16.6. The van der Waals surface area contributed by atoms with Gasteiger partial charge in [-0.05, 0) is 13.0 Å². The molecule has 0 radical (unpaired) electrons. The van der Waals surface area contributed by atoms with E-state index in [0.717, 1.165) is 0 Å². The van der Waals surface area contributed by atoms with Crippen LogP contribution < -0.4 is 10.6 Å². The summed E-state index contributed by atoms with van der Waals surface area (Å²) < 4.78 is 44.4. The van der Waals surface area contributed by atoms with E-state index >= 15 is 0 Å². The topological polar surface area (TPSA) is 132 Å². The molecule has 0 aliphatic heterocycles. The number of carbonyl (C=O) groups is 2. The summed E-state index contributed by atoms with van der Waals surface area (Å²) in [7, 11) is -1.73. The lowest BCUT2D eigenvalue weighted by Crippen LogP contribution is -2.34. The maximum atomic E-state index is 12.4. The predicted molar refractivity (Wildman–Crippen MR) is 101 cm³/mol. The van der Waals surface area contributed by atoms with Gasteiger partial charge in [0.15, 0.2) is 0 Å². The van der Waals surface area contributed by atoms with E-state index in [2.05, 4.69) is 10.6 Å². The Morgan fingerprint density at radius 1 is 0.852 bits per heavy atom. The monoisotopic (exact) mass is 431 g/mol. The molecule has 160 valence electrons. The van der Waals surface area contributed by atoms with Gasteiger partial charge < -0.3 is 28.7 Å². The van der Waals surface area contributed by atoms with Crippen LogP contribution in [0.1, 0.15) is 19.8 Å². The number of hydrogen-bond acceptors (Lipinski definition) is 9. The lowest BCUT2D eigenvalue weighted by atomic mass is 10.3. The third-order valence-electron chi connectivity index (χ3n) is 3.56. The maximum Gasteiger partial charge on any atom is 0.344 e. The van der Waals surface area contributed by atoms with Gasteiger partial charge in [0.1, 0.15) is 12.6 Å². The molecule has 0 aromatic carbocycles. The van der Waals surface area contributed by atoms with Crippen molar-refractivity contribution in [2.24, 2.45) is 0 Å². The van der Waals surface area contributed by atoms with Crippen molar-refractivity contribution in [3.8, 4) is 0 Å². The van der Waals surface area contributed by atoms with Crippen molar-refractivity contribution < 1.29 is 36.8 Å². The summed E-state index contributed by atoms with van der Waals surface area (Å²) in [5, 5.41) is 5.25. The minimum atomic E-state index is -3.39. The van der Waals surface area contributed by atoms with E-state index in [1.54, 1.807) is 4.90 Å². The molecule has 11 nitrogen and oxygen atoms in total. The fraction of sp³-hybridized carbons (Fsp3) is 0.857. The predicted octanol–water partition coefficient (Wildman–Crippen LogP) is 1.21. The number of nitrogens with one attached hydrogen (secondary N) is 2. The van der Waals surface area contributed by atoms with Crippen LogP contribution in [0.25, 0.3) is 0 Å². The molecule has 0 saturated carbocycles.